The predicted molar refractivity (Wildman–Crippen MR) is 104 cm³/mol. The Hall–Kier alpha value is -2.46. The molecule has 0 aliphatic heterocycles. The number of methoxy groups -OCH3 is 2. The van der Waals surface area contributed by atoms with Crippen molar-refractivity contribution in [3.8, 4) is 17.2 Å². The van der Waals surface area contributed by atoms with Crippen molar-refractivity contribution in [1.82, 2.24) is 0 Å². The second-order valence-electron chi connectivity index (χ2n) is 6.04. The first-order chi connectivity index (χ1) is 12.7. The summed E-state index contributed by atoms with van der Waals surface area (Å²) in [5, 5.41) is 0. The largest absolute Gasteiger partial charge is 0.496 e. The molecule has 2 rings (SSSR count). The SMILES string of the molecule is C=CCCCC(OCc1ccccc1)Oc1cc(OC)c(C)cc1OC. The van der Waals surface area contributed by atoms with Crippen LogP contribution in [0.4, 0.5) is 0 Å². The summed E-state index contributed by atoms with van der Waals surface area (Å²) < 4.78 is 23.0. The van der Waals surface area contributed by atoms with Gasteiger partial charge in [-0.1, -0.05) is 36.4 Å². The van der Waals surface area contributed by atoms with Gasteiger partial charge in [-0.2, -0.15) is 0 Å². The van der Waals surface area contributed by atoms with Crippen LogP contribution in [0.5, 0.6) is 17.2 Å². The zero-order chi connectivity index (χ0) is 18.8. The van der Waals surface area contributed by atoms with Gasteiger partial charge in [-0.15, -0.1) is 6.58 Å². The monoisotopic (exact) mass is 356 g/mol. The van der Waals surface area contributed by atoms with Crippen LogP contribution < -0.4 is 14.2 Å². The van der Waals surface area contributed by atoms with Gasteiger partial charge in [0.15, 0.2) is 17.8 Å². The van der Waals surface area contributed by atoms with E-state index in [2.05, 4.69) is 6.58 Å². The zero-order valence-electron chi connectivity index (χ0n) is 15.9. The molecule has 0 aromatic heterocycles. The van der Waals surface area contributed by atoms with Crippen molar-refractivity contribution in [2.45, 2.75) is 39.1 Å². The van der Waals surface area contributed by atoms with Gasteiger partial charge >= 0.3 is 0 Å². The van der Waals surface area contributed by atoms with E-state index in [9.17, 15) is 0 Å². The Morgan fingerprint density at radius 3 is 2.38 bits per heavy atom. The van der Waals surface area contributed by atoms with Crippen LogP contribution in [0.1, 0.15) is 30.4 Å². The third-order valence-electron chi connectivity index (χ3n) is 4.07. The minimum absolute atomic E-state index is 0.378. The summed E-state index contributed by atoms with van der Waals surface area (Å²) in [6.07, 6.45) is 4.15. The number of ether oxygens (including phenoxy) is 4. The Balaban J connectivity index is 2.12. The first kappa shape index (κ1) is 19.9. The van der Waals surface area contributed by atoms with Crippen molar-refractivity contribution >= 4 is 0 Å². The maximum absolute atomic E-state index is 6.14. The third-order valence-corrected chi connectivity index (χ3v) is 4.07. The Bertz CT molecular complexity index is 682. The molecule has 0 radical (unpaired) electrons. The van der Waals surface area contributed by atoms with E-state index in [1.807, 2.05) is 55.5 Å². The summed E-state index contributed by atoms with van der Waals surface area (Å²) in [5.74, 6) is 2.04. The van der Waals surface area contributed by atoms with Crippen LogP contribution in [0.2, 0.25) is 0 Å². The molecule has 0 aliphatic carbocycles. The smallest absolute Gasteiger partial charge is 0.200 e. The summed E-state index contributed by atoms with van der Waals surface area (Å²) in [4.78, 5) is 0. The number of unbranched alkanes of at least 4 members (excludes halogenated alkanes) is 1. The number of benzene rings is 2. The molecule has 0 saturated heterocycles. The maximum Gasteiger partial charge on any atom is 0.200 e. The van der Waals surface area contributed by atoms with E-state index in [0.717, 1.165) is 36.1 Å². The molecule has 26 heavy (non-hydrogen) atoms. The number of rotatable bonds is 11. The molecule has 0 saturated carbocycles. The highest BCUT2D eigenvalue weighted by Crippen LogP contribution is 2.35. The second kappa shape index (κ2) is 10.5. The van der Waals surface area contributed by atoms with E-state index in [1.54, 1.807) is 14.2 Å². The molecule has 0 aliphatic rings. The molecule has 2 aromatic rings. The van der Waals surface area contributed by atoms with Gasteiger partial charge in [-0.25, -0.2) is 0 Å². The topological polar surface area (TPSA) is 36.9 Å². The molecule has 140 valence electrons. The summed E-state index contributed by atoms with van der Waals surface area (Å²) in [6.45, 7) is 6.24. The molecule has 1 unspecified atom stereocenters. The van der Waals surface area contributed by atoms with Crippen LogP contribution in [0, 0.1) is 6.92 Å². The van der Waals surface area contributed by atoms with Gasteiger partial charge in [0.2, 0.25) is 0 Å². The van der Waals surface area contributed by atoms with Gasteiger partial charge in [0.05, 0.1) is 20.8 Å². The highest BCUT2D eigenvalue weighted by atomic mass is 16.7. The average molecular weight is 356 g/mol. The van der Waals surface area contributed by atoms with Crippen LogP contribution >= 0.6 is 0 Å². The van der Waals surface area contributed by atoms with Crippen LogP contribution in [0.25, 0.3) is 0 Å². The first-order valence-electron chi connectivity index (χ1n) is 8.83. The summed E-state index contributed by atoms with van der Waals surface area (Å²) in [7, 11) is 3.28. The minimum Gasteiger partial charge on any atom is -0.496 e. The molecular formula is C22H28O4. The van der Waals surface area contributed by atoms with Crippen LogP contribution in [0.15, 0.2) is 55.1 Å². The molecule has 4 nitrogen and oxygen atoms in total. The lowest BCUT2D eigenvalue weighted by molar-refractivity contribution is -0.0949. The Labute approximate surface area is 156 Å². The van der Waals surface area contributed by atoms with Crippen molar-refractivity contribution in [2.75, 3.05) is 14.2 Å². The van der Waals surface area contributed by atoms with E-state index in [0.29, 0.717) is 18.1 Å². The predicted octanol–water partition coefficient (Wildman–Crippen LogP) is 5.29. The fourth-order valence-electron chi connectivity index (χ4n) is 2.62. The molecule has 1 atom stereocenters. The lowest BCUT2D eigenvalue weighted by Gasteiger charge is -2.22. The molecular weight excluding hydrogens is 328 g/mol. The summed E-state index contributed by atoms with van der Waals surface area (Å²) in [5.41, 5.74) is 2.10. The van der Waals surface area contributed by atoms with Crippen molar-refractivity contribution < 1.29 is 18.9 Å². The van der Waals surface area contributed by atoms with Crippen LogP contribution in [-0.2, 0) is 11.3 Å². The fourth-order valence-corrected chi connectivity index (χ4v) is 2.62. The summed E-state index contributed by atoms with van der Waals surface area (Å²) >= 11 is 0. The van der Waals surface area contributed by atoms with Crippen molar-refractivity contribution in [3.63, 3.8) is 0 Å². The quantitative estimate of drug-likeness (QED) is 0.311. The van der Waals surface area contributed by atoms with Gasteiger partial charge in [-0.3, -0.25) is 0 Å². The maximum atomic E-state index is 6.14. The molecule has 0 bridgehead atoms. The average Bonchev–Trinajstić information content (AvgIpc) is 2.67. The van der Waals surface area contributed by atoms with E-state index < -0.39 is 0 Å². The molecule has 0 spiro atoms. The van der Waals surface area contributed by atoms with Crippen molar-refractivity contribution in [2.24, 2.45) is 0 Å². The van der Waals surface area contributed by atoms with Gasteiger partial charge in [0, 0.05) is 12.5 Å². The zero-order valence-corrected chi connectivity index (χ0v) is 15.9. The normalized spacial score (nSPS) is 11.7. The molecule has 0 fully saturated rings. The van der Waals surface area contributed by atoms with E-state index in [4.69, 9.17) is 18.9 Å². The Kier molecular flexibility index (Phi) is 8.03. The molecule has 2 aromatic carbocycles. The molecule has 0 heterocycles. The highest BCUT2D eigenvalue weighted by Gasteiger charge is 2.16. The van der Waals surface area contributed by atoms with Crippen molar-refractivity contribution in [3.05, 3.63) is 66.2 Å². The number of hydrogen-bond donors (Lipinski definition) is 0. The standard InChI is InChI=1S/C22H28O4/c1-5-6-8-13-22(25-16-18-11-9-7-10-12-18)26-21-15-19(23-3)17(2)14-20(21)24-4/h5,7,9-12,14-15,22H,1,6,8,13,16H2,2-4H3. The minimum atomic E-state index is -0.378. The Morgan fingerprint density at radius 1 is 1.00 bits per heavy atom. The van der Waals surface area contributed by atoms with Gasteiger partial charge in [0.1, 0.15) is 5.75 Å². The van der Waals surface area contributed by atoms with Gasteiger partial charge in [0.25, 0.3) is 0 Å². The van der Waals surface area contributed by atoms with E-state index in [-0.39, 0.29) is 6.29 Å². The van der Waals surface area contributed by atoms with Crippen LogP contribution in [-0.4, -0.2) is 20.5 Å². The second-order valence-corrected chi connectivity index (χ2v) is 6.04. The van der Waals surface area contributed by atoms with Crippen LogP contribution in [0.3, 0.4) is 0 Å². The Morgan fingerprint density at radius 2 is 1.73 bits per heavy atom. The fraction of sp³-hybridized carbons (Fsp3) is 0.364. The number of allylic oxidation sites excluding steroid dienone is 1. The van der Waals surface area contributed by atoms with E-state index >= 15 is 0 Å². The van der Waals surface area contributed by atoms with Crippen molar-refractivity contribution in [1.29, 1.82) is 0 Å². The highest BCUT2D eigenvalue weighted by molar-refractivity contribution is 5.50. The van der Waals surface area contributed by atoms with E-state index in [1.165, 1.54) is 0 Å². The third kappa shape index (κ3) is 5.81. The molecule has 4 heteroatoms. The van der Waals surface area contributed by atoms with Gasteiger partial charge in [-0.05, 0) is 37.0 Å². The number of hydrogen-bond acceptors (Lipinski definition) is 4. The lowest BCUT2D eigenvalue weighted by atomic mass is 10.2. The molecule has 0 amide bonds. The van der Waals surface area contributed by atoms with Gasteiger partial charge < -0.3 is 18.9 Å². The first-order valence-corrected chi connectivity index (χ1v) is 8.83. The summed E-state index contributed by atoms with van der Waals surface area (Å²) in [6, 6.07) is 13.8. The number of aryl methyl sites for hydroxylation is 1. The molecule has 0 N–H and O–H groups in total. The lowest BCUT2D eigenvalue weighted by Crippen LogP contribution is -2.21.